The molecule has 4 aromatic rings. The smallest absolute Gasteiger partial charge is 0.255 e. The molecule has 0 saturated carbocycles. The molecule has 2 aromatic carbocycles. The van der Waals surface area contributed by atoms with E-state index in [0.717, 1.165) is 12.1 Å². The van der Waals surface area contributed by atoms with Gasteiger partial charge in [0.15, 0.2) is 5.82 Å². The number of hydrogen-bond acceptors (Lipinski definition) is 5. The molecule has 2 heterocycles. The van der Waals surface area contributed by atoms with Gasteiger partial charge in [-0.3, -0.25) is 4.79 Å². The molecule has 150 valence electrons. The van der Waals surface area contributed by atoms with Gasteiger partial charge >= 0.3 is 0 Å². The minimum Gasteiger partial charge on any atom is -0.438 e. The second-order valence-corrected chi connectivity index (χ2v) is 6.76. The molecule has 0 unspecified atom stereocenters. The molecule has 0 aliphatic carbocycles. The summed E-state index contributed by atoms with van der Waals surface area (Å²) in [5, 5.41) is 15.4. The first-order chi connectivity index (χ1) is 14.6. The Balaban J connectivity index is 1.37. The van der Waals surface area contributed by atoms with Crippen LogP contribution >= 0.6 is 0 Å². The van der Waals surface area contributed by atoms with Crippen LogP contribution in [0.25, 0.3) is 5.82 Å². The molecular weight excluding hydrogens is 378 g/mol. The summed E-state index contributed by atoms with van der Waals surface area (Å²) < 4.78 is 7.38. The van der Waals surface area contributed by atoms with Gasteiger partial charge in [0.1, 0.15) is 5.75 Å². The summed E-state index contributed by atoms with van der Waals surface area (Å²) in [5.41, 5.74) is 3.41. The number of anilines is 1. The van der Waals surface area contributed by atoms with Crippen LogP contribution < -0.4 is 10.1 Å². The fourth-order valence-corrected chi connectivity index (χ4v) is 2.85. The molecular formula is C23H21N5O2. The predicted octanol–water partition coefficient (Wildman–Crippen LogP) is 4.58. The van der Waals surface area contributed by atoms with Gasteiger partial charge in [-0.05, 0) is 67.4 Å². The van der Waals surface area contributed by atoms with Crippen molar-refractivity contribution in [1.82, 2.24) is 20.0 Å². The van der Waals surface area contributed by atoms with Crippen molar-refractivity contribution in [3.05, 3.63) is 89.7 Å². The maximum atomic E-state index is 12.4. The Morgan fingerprint density at radius 2 is 1.73 bits per heavy atom. The molecule has 0 spiro atoms. The zero-order chi connectivity index (χ0) is 20.9. The highest BCUT2D eigenvalue weighted by molar-refractivity contribution is 6.04. The number of carbonyl (C=O) groups excluding carboxylic acids is 1. The second-order valence-electron chi connectivity index (χ2n) is 6.76. The van der Waals surface area contributed by atoms with Gasteiger partial charge in [-0.25, -0.2) is 4.68 Å². The lowest BCUT2D eigenvalue weighted by Gasteiger charge is -2.08. The molecule has 2 aromatic heterocycles. The molecule has 0 atom stereocenters. The van der Waals surface area contributed by atoms with Crippen LogP contribution in [0.3, 0.4) is 0 Å². The lowest BCUT2D eigenvalue weighted by atomic mass is 10.1. The van der Waals surface area contributed by atoms with Crippen LogP contribution in [0.15, 0.2) is 72.9 Å². The van der Waals surface area contributed by atoms with Gasteiger partial charge in [0.2, 0.25) is 5.88 Å². The Morgan fingerprint density at radius 1 is 0.967 bits per heavy atom. The molecule has 7 heteroatoms. The molecule has 0 radical (unpaired) electrons. The number of hydrogen-bond donors (Lipinski definition) is 1. The predicted molar refractivity (Wildman–Crippen MR) is 114 cm³/mol. The van der Waals surface area contributed by atoms with Crippen molar-refractivity contribution in [2.75, 3.05) is 5.32 Å². The summed E-state index contributed by atoms with van der Waals surface area (Å²) in [5.74, 6) is 1.43. The quantitative estimate of drug-likeness (QED) is 0.513. The van der Waals surface area contributed by atoms with Gasteiger partial charge in [0.25, 0.3) is 5.91 Å². The molecule has 4 rings (SSSR count). The summed E-state index contributed by atoms with van der Waals surface area (Å²) in [7, 11) is 0. The van der Waals surface area contributed by atoms with Gasteiger partial charge in [0, 0.05) is 23.5 Å². The Bertz CT molecular complexity index is 1130. The Hall–Kier alpha value is -4.00. The molecule has 0 saturated heterocycles. The van der Waals surface area contributed by atoms with Gasteiger partial charge in [-0.2, -0.15) is 5.10 Å². The van der Waals surface area contributed by atoms with E-state index in [9.17, 15) is 4.79 Å². The Labute approximate surface area is 174 Å². The van der Waals surface area contributed by atoms with Crippen molar-refractivity contribution in [2.24, 2.45) is 0 Å². The van der Waals surface area contributed by atoms with E-state index in [1.807, 2.05) is 43.5 Å². The number of nitrogens with one attached hydrogen (secondary N) is 1. The van der Waals surface area contributed by atoms with E-state index in [0.29, 0.717) is 28.7 Å². The fourth-order valence-electron chi connectivity index (χ4n) is 2.85. The Morgan fingerprint density at radius 3 is 2.33 bits per heavy atom. The second kappa shape index (κ2) is 8.57. The monoisotopic (exact) mass is 399 g/mol. The third-order valence-corrected chi connectivity index (χ3v) is 4.54. The Kier molecular flexibility index (Phi) is 5.52. The van der Waals surface area contributed by atoms with Crippen LogP contribution in [0.5, 0.6) is 11.6 Å². The van der Waals surface area contributed by atoms with Crippen LogP contribution in [-0.2, 0) is 6.42 Å². The highest BCUT2D eigenvalue weighted by atomic mass is 16.5. The minimum atomic E-state index is -0.151. The number of aryl methyl sites for hydroxylation is 2. The van der Waals surface area contributed by atoms with Gasteiger partial charge < -0.3 is 10.1 Å². The maximum absolute atomic E-state index is 12.4. The number of nitrogens with zero attached hydrogens (tertiary/aromatic N) is 4. The van der Waals surface area contributed by atoms with Crippen LogP contribution in [0.2, 0.25) is 0 Å². The third kappa shape index (κ3) is 4.52. The number of ether oxygens (including phenoxy) is 1. The van der Waals surface area contributed by atoms with Crippen LogP contribution in [-0.4, -0.2) is 25.9 Å². The summed E-state index contributed by atoms with van der Waals surface area (Å²) in [6.07, 6.45) is 2.77. The van der Waals surface area contributed by atoms with Crippen molar-refractivity contribution in [3.63, 3.8) is 0 Å². The van der Waals surface area contributed by atoms with Crippen LogP contribution in [0.1, 0.15) is 28.5 Å². The topological polar surface area (TPSA) is 81.9 Å². The van der Waals surface area contributed by atoms with Gasteiger partial charge in [-0.1, -0.05) is 19.1 Å². The first-order valence-electron chi connectivity index (χ1n) is 9.65. The molecule has 0 bridgehead atoms. The highest BCUT2D eigenvalue weighted by Crippen LogP contribution is 2.22. The summed E-state index contributed by atoms with van der Waals surface area (Å²) >= 11 is 0. The zero-order valence-corrected chi connectivity index (χ0v) is 16.7. The van der Waals surface area contributed by atoms with Crippen LogP contribution in [0, 0.1) is 6.92 Å². The molecule has 0 aliphatic rings. The van der Waals surface area contributed by atoms with E-state index in [-0.39, 0.29) is 5.91 Å². The van der Waals surface area contributed by atoms with Gasteiger partial charge in [-0.15, -0.1) is 10.2 Å². The van der Waals surface area contributed by atoms with E-state index < -0.39 is 0 Å². The van der Waals surface area contributed by atoms with Crippen molar-refractivity contribution >= 4 is 11.6 Å². The maximum Gasteiger partial charge on any atom is 0.255 e. The van der Waals surface area contributed by atoms with Crippen molar-refractivity contribution in [1.29, 1.82) is 0 Å². The van der Waals surface area contributed by atoms with E-state index in [1.54, 1.807) is 41.1 Å². The molecule has 1 amide bonds. The van der Waals surface area contributed by atoms with Crippen molar-refractivity contribution < 1.29 is 9.53 Å². The largest absolute Gasteiger partial charge is 0.438 e. The molecule has 7 nitrogen and oxygen atoms in total. The van der Waals surface area contributed by atoms with Crippen molar-refractivity contribution in [2.45, 2.75) is 20.3 Å². The zero-order valence-electron chi connectivity index (χ0n) is 16.7. The van der Waals surface area contributed by atoms with E-state index in [2.05, 4.69) is 27.5 Å². The lowest BCUT2D eigenvalue weighted by molar-refractivity contribution is 0.102. The standard InChI is InChI=1S/C23H21N5O2/c1-3-17-4-6-18(7-5-17)23(29)24-19-8-10-20(11-9-19)30-22-13-12-21(25-26-22)28-15-14-16(2)27-28/h4-15H,3H2,1-2H3,(H,24,29). The minimum absolute atomic E-state index is 0.151. The first kappa shape index (κ1) is 19.3. The summed E-state index contributed by atoms with van der Waals surface area (Å²) in [4.78, 5) is 12.4. The average Bonchev–Trinajstić information content (AvgIpc) is 3.22. The number of benzene rings is 2. The number of rotatable bonds is 6. The van der Waals surface area contributed by atoms with E-state index in [1.165, 1.54) is 5.56 Å². The first-order valence-corrected chi connectivity index (χ1v) is 9.65. The third-order valence-electron chi connectivity index (χ3n) is 4.54. The number of amides is 1. The number of aromatic nitrogens is 4. The van der Waals surface area contributed by atoms with Gasteiger partial charge in [0.05, 0.1) is 5.69 Å². The SMILES string of the molecule is CCc1ccc(C(=O)Nc2ccc(Oc3ccc(-n4ccc(C)n4)nn3)cc2)cc1. The average molecular weight is 399 g/mol. The van der Waals surface area contributed by atoms with Crippen molar-refractivity contribution in [3.8, 4) is 17.4 Å². The normalized spacial score (nSPS) is 10.6. The van der Waals surface area contributed by atoms with Crippen LogP contribution in [0.4, 0.5) is 5.69 Å². The van der Waals surface area contributed by atoms with E-state index in [4.69, 9.17) is 4.74 Å². The fraction of sp³-hybridized carbons (Fsp3) is 0.130. The summed E-state index contributed by atoms with van der Waals surface area (Å²) in [6.45, 7) is 3.99. The molecule has 1 N–H and O–H groups in total. The highest BCUT2D eigenvalue weighted by Gasteiger charge is 2.07. The lowest BCUT2D eigenvalue weighted by Crippen LogP contribution is -2.11. The molecule has 30 heavy (non-hydrogen) atoms. The number of carbonyl (C=O) groups is 1. The molecule has 0 fully saturated rings. The van der Waals surface area contributed by atoms with E-state index >= 15 is 0 Å². The molecule has 0 aliphatic heterocycles. The summed E-state index contributed by atoms with van der Waals surface area (Å²) in [6, 6.07) is 20.1.